The van der Waals surface area contributed by atoms with E-state index in [1.165, 1.54) is 10.5 Å². The van der Waals surface area contributed by atoms with Crippen LogP contribution >= 0.6 is 36.6 Å². The number of rotatable bonds is 6. The standard InChI is InChI=1S/C18H21N3OS.2ClH/c22-18(10-14-7-9-20-11-14)21-16-3-5-17(6-4-16)23-13-15-2-1-8-19-12-15;;/h1-6,8,12,14,20H,7,9-11,13H2,(H,21,22);2*1H. The van der Waals surface area contributed by atoms with E-state index in [2.05, 4.69) is 21.7 Å². The van der Waals surface area contributed by atoms with Gasteiger partial charge in [-0.05, 0) is 61.3 Å². The molecule has 3 rings (SSSR count). The van der Waals surface area contributed by atoms with Crippen molar-refractivity contribution in [3.05, 3.63) is 54.4 Å². The van der Waals surface area contributed by atoms with Gasteiger partial charge in [0.25, 0.3) is 0 Å². The van der Waals surface area contributed by atoms with E-state index in [9.17, 15) is 4.79 Å². The highest BCUT2D eigenvalue weighted by atomic mass is 35.5. The number of hydrogen-bond acceptors (Lipinski definition) is 4. The summed E-state index contributed by atoms with van der Waals surface area (Å²) in [4.78, 5) is 17.3. The molecule has 0 saturated carbocycles. The van der Waals surface area contributed by atoms with Crippen molar-refractivity contribution in [1.29, 1.82) is 0 Å². The van der Waals surface area contributed by atoms with Crippen molar-refractivity contribution in [3.63, 3.8) is 0 Å². The highest BCUT2D eigenvalue weighted by Crippen LogP contribution is 2.24. The molecular formula is C18H23Cl2N3OS. The van der Waals surface area contributed by atoms with Crippen LogP contribution in [-0.4, -0.2) is 24.0 Å². The van der Waals surface area contributed by atoms with Crippen LogP contribution in [0.25, 0.3) is 0 Å². The van der Waals surface area contributed by atoms with Gasteiger partial charge in [0.05, 0.1) is 0 Å². The van der Waals surface area contributed by atoms with Crippen molar-refractivity contribution >= 4 is 48.2 Å². The second-order valence-corrected chi connectivity index (χ2v) is 6.83. The number of thioether (sulfide) groups is 1. The Bertz CT molecular complexity index is 635. The van der Waals surface area contributed by atoms with Crippen molar-refractivity contribution in [2.75, 3.05) is 18.4 Å². The van der Waals surface area contributed by atoms with Crippen LogP contribution in [0.15, 0.2) is 53.7 Å². The number of amides is 1. The van der Waals surface area contributed by atoms with Crippen LogP contribution in [0, 0.1) is 5.92 Å². The van der Waals surface area contributed by atoms with E-state index in [0.29, 0.717) is 12.3 Å². The van der Waals surface area contributed by atoms with E-state index in [1.807, 2.05) is 36.5 Å². The lowest BCUT2D eigenvalue weighted by Gasteiger charge is -2.09. The fourth-order valence-corrected chi connectivity index (χ4v) is 3.48. The van der Waals surface area contributed by atoms with Crippen LogP contribution in [0.4, 0.5) is 5.69 Å². The molecule has 25 heavy (non-hydrogen) atoms. The Morgan fingerprint density at radius 1 is 1.24 bits per heavy atom. The fourth-order valence-electron chi connectivity index (χ4n) is 2.65. The van der Waals surface area contributed by atoms with Crippen molar-refractivity contribution in [1.82, 2.24) is 10.3 Å². The summed E-state index contributed by atoms with van der Waals surface area (Å²) in [6, 6.07) is 12.1. The molecule has 1 amide bonds. The number of aromatic nitrogens is 1. The number of nitrogens with zero attached hydrogens (tertiary/aromatic N) is 1. The normalized spacial score (nSPS) is 15.8. The van der Waals surface area contributed by atoms with Crippen molar-refractivity contribution in [2.45, 2.75) is 23.5 Å². The quantitative estimate of drug-likeness (QED) is 0.716. The van der Waals surface area contributed by atoms with Gasteiger partial charge in [-0.25, -0.2) is 0 Å². The summed E-state index contributed by atoms with van der Waals surface area (Å²) in [5.74, 6) is 1.48. The van der Waals surface area contributed by atoms with E-state index in [0.717, 1.165) is 31.0 Å². The first-order chi connectivity index (χ1) is 11.3. The number of halogens is 2. The van der Waals surface area contributed by atoms with Crippen molar-refractivity contribution in [3.8, 4) is 0 Å². The van der Waals surface area contributed by atoms with Crippen LogP contribution in [0.3, 0.4) is 0 Å². The van der Waals surface area contributed by atoms with Crippen LogP contribution in [-0.2, 0) is 10.5 Å². The maximum atomic E-state index is 12.0. The molecule has 0 spiro atoms. The van der Waals surface area contributed by atoms with Gasteiger partial charge in [-0.15, -0.1) is 36.6 Å². The molecule has 0 bridgehead atoms. The molecule has 1 aliphatic rings. The smallest absolute Gasteiger partial charge is 0.224 e. The molecule has 136 valence electrons. The van der Waals surface area contributed by atoms with Gasteiger partial charge in [0.15, 0.2) is 0 Å². The molecule has 1 aromatic heterocycles. The number of carbonyl (C=O) groups is 1. The van der Waals surface area contributed by atoms with Gasteiger partial charge in [0.1, 0.15) is 0 Å². The average Bonchev–Trinajstić information content (AvgIpc) is 3.08. The largest absolute Gasteiger partial charge is 0.326 e. The Morgan fingerprint density at radius 2 is 2.04 bits per heavy atom. The highest BCUT2D eigenvalue weighted by molar-refractivity contribution is 7.98. The van der Waals surface area contributed by atoms with E-state index >= 15 is 0 Å². The molecule has 4 nitrogen and oxygen atoms in total. The number of benzene rings is 1. The van der Waals surface area contributed by atoms with Crippen molar-refractivity contribution in [2.24, 2.45) is 5.92 Å². The van der Waals surface area contributed by atoms with E-state index in [1.54, 1.807) is 18.0 Å². The summed E-state index contributed by atoms with van der Waals surface area (Å²) in [5.41, 5.74) is 2.08. The predicted octanol–water partition coefficient (Wildman–Crippen LogP) is 4.16. The second-order valence-electron chi connectivity index (χ2n) is 5.79. The maximum Gasteiger partial charge on any atom is 0.224 e. The first-order valence-corrected chi connectivity index (χ1v) is 8.90. The van der Waals surface area contributed by atoms with Gasteiger partial charge in [0.2, 0.25) is 5.91 Å². The molecule has 2 aromatic rings. The molecule has 2 N–H and O–H groups in total. The number of nitrogens with one attached hydrogen (secondary N) is 2. The minimum atomic E-state index is 0. The van der Waals surface area contributed by atoms with Gasteiger partial charge < -0.3 is 10.6 Å². The fraction of sp³-hybridized carbons (Fsp3) is 0.333. The number of anilines is 1. The molecule has 2 heterocycles. The lowest BCUT2D eigenvalue weighted by Crippen LogP contribution is -2.18. The number of carbonyl (C=O) groups excluding carboxylic acids is 1. The topological polar surface area (TPSA) is 54.0 Å². The molecule has 7 heteroatoms. The van der Waals surface area contributed by atoms with Crippen LogP contribution < -0.4 is 10.6 Å². The Morgan fingerprint density at radius 3 is 2.68 bits per heavy atom. The highest BCUT2D eigenvalue weighted by Gasteiger charge is 2.17. The summed E-state index contributed by atoms with van der Waals surface area (Å²) >= 11 is 1.77. The summed E-state index contributed by atoms with van der Waals surface area (Å²) in [7, 11) is 0. The molecule has 1 fully saturated rings. The zero-order valence-corrected chi connectivity index (χ0v) is 16.3. The van der Waals surface area contributed by atoms with Gasteiger partial charge >= 0.3 is 0 Å². The average molecular weight is 400 g/mol. The minimum Gasteiger partial charge on any atom is -0.326 e. The Hall–Kier alpha value is -1.27. The zero-order chi connectivity index (χ0) is 15.9. The second kappa shape index (κ2) is 11.4. The molecular weight excluding hydrogens is 377 g/mol. The third kappa shape index (κ3) is 7.24. The molecule has 0 radical (unpaired) electrons. The molecule has 0 aliphatic carbocycles. The van der Waals surface area contributed by atoms with Gasteiger partial charge in [0, 0.05) is 35.2 Å². The Labute approximate surface area is 165 Å². The first-order valence-electron chi connectivity index (χ1n) is 7.92. The van der Waals surface area contributed by atoms with Gasteiger partial charge in [-0.3, -0.25) is 9.78 Å². The minimum absolute atomic E-state index is 0. The third-order valence-electron chi connectivity index (χ3n) is 3.90. The van der Waals surface area contributed by atoms with E-state index in [4.69, 9.17) is 0 Å². The van der Waals surface area contributed by atoms with Gasteiger partial charge in [-0.2, -0.15) is 0 Å². The SMILES string of the molecule is Cl.Cl.O=C(CC1CCNC1)Nc1ccc(SCc2cccnc2)cc1. The monoisotopic (exact) mass is 399 g/mol. The Balaban J connectivity index is 0.00000156. The third-order valence-corrected chi connectivity index (χ3v) is 4.99. The van der Waals surface area contributed by atoms with Crippen LogP contribution in [0.5, 0.6) is 0 Å². The summed E-state index contributed by atoms with van der Waals surface area (Å²) in [5, 5.41) is 6.27. The lowest BCUT2D eigenvalue weighted by atomic mass is 10.0. The molecule has 1 saturated heterocycles. The maximum absolute atomic E-state index is 12.0. The summed E-state index contributed by atoms with van der Waals surface area (Å²) in [6.45, 7) is 1.98. The first kappa shape index (κ1) is 21.8. The summed E-state index contributed by atoms with van der Waals surface area (Å²) in [6.07, 6.45) is 5.37. The van der Waals surface area contributed by atoms with Crippen molar-refractivity contribution < 1.29 is 4.79 Å². The molecule has 1 unspecified atom stereocenters. The Kier molecular flexibility index (Phi) is 9.90. The number of pyridine rings is 1. The molecule has 1 aliphatic heterocycles. The van der Waals surface area contributed by atoms with Crippen LogP contribution in [0.1, 0.15) is 18.4 Å². The van der Waals surface area contributed by atoms with E-state index < -0.39 is 0 Å². The van der Waals surface area contributed by atoms with E-state index in [-0.39, 0.29) is 30.7 Å². The van der Waals surface area contributed by atoms with Crippen LogP contribution in [0.2, 0.25) is 0 Å². The molecule has 1 atom stereocenters. The zero-order valence-electron chi connectivity index (χ0n) is 13.8. The van der Waals surface area contributed by atoms with Gasteiger partial charge in [-0.1, -0.05) is 6.07 Å². The summed E-state index contributed by atoms with van der Waals surface area (Å²) < 4.78 is 0. The predicted molar refractivity (Wildman–Crippen MR) is 109 cm³/mol. The molecule has 1 aromatic carbocycles. The number of hydrogen-bond donors (Lipinski definition) is 2. The lowest BCUT2D eigenvalue weighted by molar-refractivity contribution is -0.116.